The van der Waals surface area contributed by atoms with E-state index in [1.165, 1.54) is 29.2 Å². The lowest BCUT2D eigenvalue weighted by molar-refractivity contribution is -0.387. The summed E-state index contributed by atoms with van der Waals surface area (Å²) in [7, 11) is -8.88. The van der Waals surface area contributed by atoms with Crippen LogP contribution >= 0.6 is 0 Å². The van der Waals surface area contributed by atoms with E-state index in [9.17, 15) is 55.3 Å². The van der Waals surface area contributed by atoms with Crippen LogP contribution in [0.1, 0.15) is 70.4 Å². The lowest BCUT2D eigenvalue weighted by Crippen LogP contribution is -2.60. The number of nitrogens with zero attached hydrogens (tertiary/aromatic N) is 4. The summed E-state index contributed by atoms with van der Waals surface area (Å²) in [6.45, 7) is 2.89. The number of hydrogen-bond donors (Lipinski definition) is 3. The van der Waals surface area contributed by atoms with Gasteiger partial charge in [0.2, 0.25) is 31.9 Å². The number of ether oxygens (including phenoxy) is 2. The largest absolute Gasteiger partial charge is 0.444 e. The smallest absolute Gasteiger partial charge is 0.410 e. The zero-order valence-electron chi connectivity index (χ0n) is 34.7. The second-order valence-electron chi connectivity index (χ2n) is 17.3. The van der Waals surface area contributed by atoms with Crippen LogP contribution in [-0.4, -0.2) is 120 Å². The lowest BCUT2D eigenvalue weighted by atomic mass is 10.1. The molecule has 5 atom stereocenters. The summed E-state index contributed by atoms with van der Waals surface area (Å²) in [5, 5.41) is 16.3. The van der Waals surface area contributed by atoms with Crippen LogP contribution in [0.15, 0.2) is 59.5 Å². The van der Waals surface area contributed by atoms with Gasteiger partial charge in [-0.25, -0.2) is 30.8 Å². The third kappa shape index (κ3) is 9.78. The Morgan fingerprint density at radius 3 is 2.43 bits per heavy atom. The minimum absolute atomic E-state index is 0.00722. The fraction of sp³-hybridized carbons (Fsp3) is 0.525. The molecule has 2 saturated carbocycles. The lowest BCUT2D eigenvalue weighted by Gasteiger charge is -2.32. The van der Waals surface area contributed by atoms with Gasteiger partial charge in [0.05, 0.1) is 23.3 Å². The van der Waals surface area contributed by atoms with Gasteiger partial charge < -0.3 is 25.0 Å². The molecule has 7 rings (SSSR count). The molecule has 2 aliphatic carbocycles. The summed E-state index contributed by atoms with van der Waals surface area (Å²) in [6.07, 6.45) is 0.487. The quantitative estimate of drug-likeness (QED) is 0.196. The van der Waals surface area contributed by atoms with Crippen LogP contribution in [0.2, 0.25) is 0 Å². The number of rotatable bonds is 8. The fourth-order valence-corrected chi connectivity index (χ4v) is 11.0. The van der Waals surface area contributed by atoms with Crippen molar-refractivity contribution in [1.29, 1.82) is 0 Å². The second-order valence-corrected chi connectivity index (χ2v) is 21.2. The summed E-state index contributed by atoms with van der Waals surface area (Å²) in [5.41, 5.74) is -2.78. The molecule has 5 amide bonds. The van der Waals surface area contributed by atoms with Crippen molar-refractivity contribution in [3.05, 3.63) is 81.7 Å². The molecular weight excluding hydrogens is 870 g/mol. The van der Waals surface area contributed by atoms with E-state index in [0.29, 0.717) is 24.0 Å². The molecule has 3 aliphatic heterocycles. The number of hydrogen-bond acceptors (Lipinski definition) is 13. The van der Waals surface area contributed by atoms with Crippen molar-refractivity contribution in [1.82, 2.24) is 29.5 Å². The van der Waals surface area contributed by atoms with Crippen LogP contribution in [-0.2, 0) is 57.0 Å². The maximum atomic E-state index is 14.9. The van der Waals surface area contributed by atoms with E-state index in [4.69, 9.17) is 9.47 Å². The number of carbonyl (C=O) groups excluding carboxylic acids is 5. The Morgan fingerprint density at radius 1 is 1.02 bits per heavy atom. The molecule has 3 heterocycles. The monoisotopic (exact) mass is 917 g/mol. The number of benzene rings is 2. The topological polar surface area (TPSA) is 261 Å². The second kappa shape index (κ2) is 17.1. The number of nitro groups is 1. The highest BCUT2D eigenvalue weighted by Gasteiger charge is 2.62. The van der Waals surface area contributed by atoms with Crippen molar-refractivity contribution in [2.45, 2.75) is 112 Å². The first-order valence-electron chi connectivity index (χ1n) is 20.4. The molecule has 2 aromatic carbocycles. The van der Waals surface area contributed by atoms with Crippen LogP contribution in [0.3, 0.4) is 0 Å². The first kappa shape index (κ1) is 45.3. The van der Waals surface area contributed by atoms with Gasteiger partial charge in [0.15, 0.2) is 4.90 Å². The number of fused-ring (bicyclic) bond motifs is 3. The Kier molecular flexibility index (Phi) is 12.3. The first-order valence-corrected chi connectivity index (χ1v) is 23.4. The Bertz CT molecular complexity index is 2480. The third-order valence-electron chi connectivity index (χ3n) is 11.5. The molecule has 2 unspecified atom stereocenters. The predicted octanol–water partition coefficient (Wildman–Crippen LogP) is 2.57. The van der Waals surface area contributed by atoms with Crippen molar-refractivity contribution in [2.75, 3.05) is 19.6 Å². The van der Waals surface area contributed by atoms with Crippen LogP contribution in [0.5, 0.6) is 0 Å². The van der Waals surface area contributed by atoms with E-state index in [2.05, 4.69) is 15.4 Å². The summed E-state index contributed by atoms with van der Waals surface area (Å²) in [4.78, 5) is 82.9. The number of allylic oxidation sites excluding steroid dienone is 1. The zero-order valence-corrected chi connectivity index (χ0v) is 36.3. The van der Waals surface area contributed by atoms with Gasteiger partial charge in [-0.3, -0.25) is 34.1 Å². The fourth-order valence-electron chi connectivity index (χ4n) is 8.03. The SMILES string of the molecule is CC(C)(C)OC(=O)N[C@H]1CN(S(=O)(=O)c2ccccc2[N+](=O)[O-])CCC/C=C\[C@@H]2C[C@@]2(C(=O)NS(=O)(=O)C2CC2)NC(=O)C2CC(OC(=O)N3Cc4cccc(F)c4C3)CN2C1=O. The van der Waals surface area contributed by atoms with Crippen molar-refractivity contribution in [2.24, 2.45) is 5.92 Å². The number of carbonyl (C=O) groups is 5. The van der Waals surface area contributed by atoms with E-state index >= 15 is 0 Å². The molecule has 3 N–H and O–H groups in total. The number of halogens is 1. The standard InChI is InChI=1S/C40H48FN7O13S2/c1-39(2,3)61-37(52)42-30-23-46(63(58,59)33-14-7-6-13-31(33)48(54)55)17-8-4-5-11-25-19-40(25,36(51)44-62(56,57)27-15-16-27)43-34(49)32-18-26(21-47(32)35(30)50)60-38(53)45-20-24-10-9-12-29(41)28(24)22-45/h5-7,9-14,25-27,30,32H,4,8,15-23H2,1-3H3,(H,42,52)(H,43,49)(H,44,51)/b11-5-/t25-,26?,30+,32?,40-/m1/s1. The molecule has 0 spiro atoms. The molecule has 340 valence electrons. The average Bonchev–Trinajstić information content (AvgIpc) is 4.09. The average molecular weight is 918 g/mol. The van der Waals surface area contributed by atoms with Gasteiger partial charge in [0, 0.05) is 43.6 Å². The number of nitrogens with one attached hydrogen (secondary N) is 3. The molecule has 0 radical (unpaired) electrons. The van der Waals surface area contributed by atoms with Crippen LogP contribution in [0.4, 0.5) is 19.7 Å². The highest BCUT2D eigenvalue weighted by Crippen LogP contribution is 2.46. The molecule has 3 fully saturated rings. The molecule has 5 aliphatic rings. The summed E-state index contributed by atoms with van der Waals surface area (Å²) in [5.74, 6) is -4.23. The Balaban J connectivity index is 1.25. The molecule has 1 saturated heterocycles. The van der Waals surface area contributed by atoms with Gasteiger partial charge in [-0.1, -0.05) is 36.4 Å². The first-order chi connectivity index (χ1) is 29.6. The summed E-state index contributed by atoms with van der Waals surface area (Å²) >= 11 is 0. The van der Waals surface area contributed by atoms with Gasteiger partial charge in [-0.05, 0) is 70.6 Å². The van der Waals surface area contributed by atoms with Crippen LogP contribution in [0.25, 0.3) is 0 Å². The maximum absolute atomic E-state index is 14.9. The van der Waals surface area contributed by atoms with E-state index in [1.807, 2.05) is 0 Å². The van der Waals surface area contributed by atoms with Crippen molar-refractivity contribution in [3.8, 4) is 0 Å². The highest BCUT2D eigenvalue weighted by molar-refractivity contribution is 7.91. The Hall–Kier alpha value is -5.68. The van der Waals surface area contributed by atoms with Gasteiger partial charge >= 0.3 is 12.2 Å². The van der Waals surface area contributed by atoms with Crippen molar-refractivity contribution < 1.29 is 59.6 Å². The van der Waals surface area contributed by atoms with Crippen molar-refractivity contribution >= 4 is 55.6 Å². The van der Waals surface area contributed by atoms with Crippen LogP contribution < -0.4 is 15.4 Å². The van der Waals surface area contributed by atoms with E-state index < -0.39 is 125 Å². The number of nitro benzene ring substituents is 1. The number of amides is 5. The molecule has 0 aromatic heterocycles. The highest BCUT2D eigenvalue weighted by atomic mass is 32.2. The molecule has 0 bridgehead atoms. The molecule has 63 heavy (non-hydrogen) atoms. The number of para-hydroxylation sites is 1. The van der Waals surface area contributed by atoms with E-state index in [0.717, 1.165) is 21.3 Å². The maximum Gasteiger partial charge on any atom is 0.410 e. The predicted molar refractivity (Wildman–Crippen MR) is 218 cm³/mol. The Morgan fingerprint density at radius 2 is 1.75 bits per heavy atom. The van der Waals surface area contributed by atoms with Gasteiger partial charge in [-0.2, -0.15) is 4.31 Å². The van der Waals surface area contributed by atoms with E-state index in [1.54, 1.807) is 39.0 Å². The molecule has 23 heteroatoms. The molecule has 20 nitrogen and oxygen atoms in total. The zero-order chi connectivity index (χ0) is 45.6. The number of sulfonamides is 2. The third-order valence-corrected chi connectivity index (χ3v) is 15.2. The van der Waals surface area contributed by atoms with Crippen LogP contribution in [0, 0.1) is 21.8 Å². The summed E-state index contributed by atoms with van der Waals surface area (Å²) in [6, 6.07) is 5.65. The van der Waals surface area contributed by atoms with Crippen molar-refractivity contribution in [3.63, 3.8) is 0 Å². The minimum atomic E-state index is -4.80. The molecule has 2 aromatic rings. The number of alkyl carbamates (subject to hydrolysis) is 1. The van der Waals surface area contributed by atoms with Gasteiger partial charge in [0.25, 0.3) is 11.6 Å². The molecular formula is C40H48FN7O13S2. The van der Waals surface area contributed by atoms with E-state index in [-0.39, 0.29) is 45.3 Å². The van der Waals surface area contributed by atoms with Gasteiger partial charge in [-0.15, -0.1) is 0 Å². The normalized spacial score (nSPS) is 26.2. The van der Waals surface area contributed by atoms with Gasteiger partial charge in [0.1, 0.15) is 35.1 Å². The summed E-state index contributed by atoms with van der Waals surface area (Å²) < 4.78 is 83.3. The minimum Gasteiger partial charge on any atom is -0.444 e. The Labute approximate surface area is 362 Å².